The summed E-state index contributed by atoms with van der Waals surface area (Å²) in [4.78, 5) is 19.8. The highest BCUT2D eigenvalue weighted by Crippen LogP contribution is 2.38. The number of aromatic nitrogens is 4. The first-order valence-corrected chi connectivity index (χ1v) is 10.7. The first kappa shape index (κ1) is 20.9. The van der Waals surface area contributed by atoms with Crippen molar-refractivity contribution >= 4 is 34.6 Å². The lowest BCUT2D eigenvalue weighted by molar-refractivity contribution is 0.415. The van der Waals surface area contributed by atoms with Gasteiger partial charge in [0.1, 0.15) is 11.6 Å². The molecule has 2 aromatic heterocycles. The Balaban J connectivity index is 1.77. The van der Waals surface area contributed by atoms with Crippen LogP contribution in [0.4, 0.5) is 11.9 Å². The zero-order valence-corrected chi connectivity index (χ0v) is 18.7. The maximum Gasteiger partial charge on any atom is 0.229 e. The van der Waals surface area contributed by atoms with E-state index in [1.807, 2.05) is 56.3 Å². The lowest BCUT2D eigenvalue weighted by Crippen LogP contribution is -2.16. The van der Waals surface area contributed by atoms with E-state index in [0.717, 1.165) is 32.8 Å². The average molecular weight is 433 g/mol. The van der Waals surface area contributed by atoms with Crippen molar-refractivity contribution in [2.75, 3.05) is 31.8 Å². The molecule has 1 unspecified atom stereocenters. The van der Waals surface area contributed by atoms with Crippen molar-refractivity contribution in [3.63, 3.8) is 0 Å². The Morgan fingerprint density at radius 2 is 1.74 bits per heavy atom. The van der Waals surface area contributed by atoms with Crippen LogP contribution in [0.1, 0.15) is 18.0 Å². The number of pyridine rings is 1. The molecule has 1 atom stereocenters. The zero-order chi connectivity index (χ0) is 22.0. The van der Waals surface area contributed by atoms with E-state index < -0.39 is 0 Å². The summed E-state index contributed by atoms with van der Waals surface area (Å²) in [6.45, 7) is 2.04. The molecule has 0 amide bonds. The second kappa shape index (κ2) is 8.77. The van der Waals surface area contributed by atoms with E-state index in [9.17, 15) is 0 Å². The van der Waals surface area contributed by atoms with Crippen LogP contribution >= 0.6 is 11.8 Å². The summed E-state index contributed by atoms with van der Waals surface area (Å²) in [6.07, 6.45) is 0. The molecule has 0 aliphatic rings. The summed E-state index contributed by atoms with van der Waals surface area (Å²) in [5.41, 5.74) is 9.03. The number of methoxy groups -OCH3 is 1. The third-order valence-electron chi connectivity index (χ3n) is 4.80. The standard InChI is InChI=1S/C23H24N6OS/c1-14(21-26-22(24)28-23(27-21)29(2)3)31-20-13-18(15-8-6-5-7-9-15)17-11-10-16(30-4)12-19(17)25-20/h5-14H,1-4H3,(H2,24,26,27,28). The quantitative estimate of drug-likeness (QED) is 0.442. The molecule has 0 spiro atoms. The van der Waals surface area contributed by atoms with E-state index in [2.05, 4.69) is 39.2 Å². The van der Waals surface area contributed by atoms with Gasteiger partial charge in [-0.1, -0.05) is 42.1 Å². The minimum Gasteiger partial charge on any atom is -0.497 e. The summed E-state index contributed by atoms with van der Waals surface area (Å²) in [6, 6.07) is 18.4. The molecule has 31 heavy (non-hydrogen) atoms. The number of nitrogens with zero attached hydrogens (tertiary/aromatic N) is 5. The zero-order valence-electron chi connectivity index (χ0n) is 17.9. The van der Waals surface area contributed by atoms with Gasteiger partial charge in [0, 0.05) is 25.5 Å². The Labute approximate surface area is 185 Å². The number of hydrogen-bond acceptors (Lipinski definition) is 8. The van der Waals surface area contributed by atoms with Crippen LogP contribution in [0.3, 0.4) is 0 Å². The summed E-state index contributed by atoms with van der Waals surface area (Å²) < 4.78 is 5.41. The number of ether oxygens (including phenoxy) is 1. The molecule has 2 N–H and O–H groups in total. The first-order valence-electron chi connectivity index (χ1n) is 9.84. The molecule has 2 heterocycles. The van der Waals surface area contributed by atoms with Gasteiger partial charge in [-0.05, 0) is 36.2 Å². The highest BCUT2D eigenvalue weighted by atomic mass is 32.2. The number of thioether (sulfide) groups is 1. The molecule has 0 aliphatic carbocycles. The van der Waals surface area contributed by atoms with Crippen molar-refractivity contribution < 1.29 is 4.74 Å². The maximum atomic E-state index is 5.91. The Morgan fingerprint density at radius 1 is 0.968 bits per heavy atom. The predicted molar refractivity (Wildman–Crippen MR) is 127 cm³/mol. The second-order valence-corrected chi connectivity index (χ2v) is 8.62. The van der Waals surface area contributed by atoms with Gasteiger partial charge in [0.25, 0.3) is 0 Å². The molecule has 158 valence electrons. The summed E-state index contributed by atoms with van der Waals surface area (Å²) in [7, 11) is 5.41. The van der Waals surface area contributed by atoms with Crippen molar-refractivity contribution in [1.82, 2.24) is 19.9 Å². The van der Waals surface area contributed by atoms with E-state index in [0.29, 0.717) is 11.8 Å². The lowest BCUT2D eigenvalue weighted by atomic mass is 10.0. The van der Waals surface area contributed by atoms with Crippen molar-refractivity contribution in [2.45, 2.75) is 17.2 Å². The van der Waals surface area contributed by atoms with Crippen molar-refractivity contribution in [1.29, 1.82) is 0 Å². The van der Waals surface area contributed by atoms with E-state index in [1.165, 1.54) is 0 Å². The highest BCUT2D eigenvalue weighted by molar-refractivity contribution is 7.99. The molecular formula is C23H24N6OS. The average Bonchev–Trinajstić information content (AvgIpc) is 2.78. The SMILES string of the molecule is COc1ccc2c(-c3ccccc3)cc(SC(C)c3nc(N)nc(N(C)C)n3)nc2c1. The fourth-order valence-electron chi connectivity index (χ4n) is 3.24. The predicted octanol–water partition coefficient (Wildman–Crippen LogP) is 4.60. The van der Waals surface area contributed by atoms with Crippen LogP contribution in [0.15, 0.2) is 59.6 Å². The van der Waals surface area contributed by atoms with E-state index >= 15 is 0 Å². The van der Waals surface area contributed by atoms with Gasteiger partial charge in [-0.2, -0.15) is 15.0 Å². The summed E-state index contributed by atoms with van der Waals surface area (Å²) in [5.74, 6) is 2.14. The summed E-state index contributed by atoms with van der Waals surface area (Å²) >= 11 is 1.58. The van der Waals surface area contributed by atoms with Crippen LogP contribution in [-0.2, 0) is 0 Å². The number of rotatable bonds is 6. The Bertz CT molecular complexity index is 1220. The first-order chi connectivity index (χ1) is 14.9. The number of nitrogen functional groups attached to an aromatic ring is 1. The Hall–Kier alpha value is -3.39. The fourth-order valence-corrected chi connectivity index (χ4v) is 4.15. The molecule has 0 fully saturated rings. The highest BCUT2D eigenvalue weighted by Gasteiger charge is 2.17. The number of anilines is 2. The Morgan fingerprint density at radius 3 is 2.45 bits per heavy atom. The molecule has 7 nitrogen and oxygen atoms in total. The van der Waals surface area contributed by atoms with Crippen molar-refractivity contribution in [2.24, 2.45) is 0 Å². The molecule has 2 aromatic carbocycles. The summed E-state index contributed by atoms with van der Waals surface area (Å²) in [5, 5.41) is 1.88. The number of fused-ring (bicyclic) bond motifs is 1. The minimum absolute atomic E-state index is 0.0665. The van der Waals surface area contributed by atoms with E-state index in [-0.39, 0.29) is 11.2 Å². The molecule has 0 bridgehead atoms. The third kappa shape index (κ3) is 4.54. The maximum absolute atomic E-state index is 5.91. The van der Waals surface area contributed by atoms with Crippen LogP contribution in [0.2, 0.25) is 0 Å². The van der Waals surface area contributed by atoms with Gasteiger partial charge in [0.2, 0.25) is 11.9 Å². The van der Waals surface area contributed by atoms with E-state index in [4.69, 9.17) is 15.5 Å². The van der Waals surface area contributed by atoms with Crippen LogP contribution in [0, 0.1) is 0 Å². The largest absolute Gasteiger partial charge is 0.497 e. The third-order valence-corrected chi connectivity index (χ3v) is 5.81. The Kier molecular flexibility index (Phi) is 5.90. The van der Waals surface area contributed by atoms with Crippen LogP contribution in [-0.4, -0.2) is 41.1 Å². The van der Waals surface area contributed by atoms with Gasteiger partial charge in [0.05, 0.1) is 22.9 Å². The van der Waals surface area contributed by atoms with E-state index in [1.54, 1.807) is 18.9 Å². The molecular weight excluding hydrogens is 408 g/mol. The topological polar surface area (TPSA) is 90.0 Å². The fraction of sp³-hybridized carbons (Fsp3) is 0.217. The van der Waals surface area contributed by atoms with Crippen LogP contribution in [0.5, 0.6) is 5.75 Å². The van der Waals surface area contributed by atoms with Gasteiger partial charge < -0.3 is 15.4 Å². The molecule has 8 heteroatoms. The smallest absolute Gasteiger partial charge is 0.229 e. The number of benzene rings is 2. The van der Waals surface area contributed by atoms with Gasteiger partial charge in [-0.3, -0.25) is 0 Å². The molecule has 0 aliphatic heterocycles. The number of nitrogens with two attached hydrogens (primary N) is 1. The van der Waals surface area contributed by atoms with Crippen LogP contribution < -0.4 is 15.4 Å². The van der Waals surface area contributed by atoms with Gasteiger partial charge >= 0.3 is 0 Å². The van der Waals surface area contributed by atoms with Crippen molar-refractivity contribution in [3.05, 3.63) is 60.4 Å². The minimum atomic E-state index is -0.0665. The molecule has 0 radical (unpaired) electrons. The van der Waals surface area contributed by atoms with Crippen molar-refractivity contribution in [3.8, 4) is 16.9 Å². The van der Waals surface area contributed by atoms with Crippen LogP contribution in [0.25, 0.3) is 22.0 Å². The molecule has 4 aromatic rings. The normalized spacial score (nSPS) is 12.0. The van der Waals surface area contributed by atoms with Gasteiger partial charge in [-0.15, -0.1) is 0 Å². The lowest BCUT2D eigenvalue weighted by Gasteiger charge is -2.16. The molecule has 0 saturated carbocycles. The monoisotopic (exact) mass is 432 g/mol. The van der Waals surface area contributed by atoms with Gasteiger partial charge in [-0.25, -0.2) is 4.98 Å². The molecule has 4 rings (SSSR count). The van der Waals surface area contributed by atoms with Gasteiger partial charge in [0.15, 0.2) is 0 Å². The number of hydrogen-bond donors (Lipinski definition) is 1. The second-order valence-electron chi connectivity index (χ2n) is 7.26. The molecule has 0 saturated heterocycles.